The number of hydrogen-bond acceptors (Lipinski definition) is 4. The summed E-state index contributed by atoms with van der Waals surface area (Å²) in [6.45, 7) is 3.62. The molecule has 1 heterocycles. The number of ether oxygens (including phenoxy) is 1. The smallest absolute Gasteiger partial charge is 0.387 e. The fraction of sp³-hybridized carbons (Fsp3) is 0.417. The number of amides is 2. The number of para-hydroxylation sites is 1. The van der Waals surface area contributed by atoms with Gasteiger partial charge in [-0.3, -0.25) is 9.59 Å². The van der Waals surface area contributed by atoms with E-state index >= 15 is 0 Å². The molecule has 0 spiro atoms. The molecule has 6 nitrogen and oxygen atoms in total. The van der Waals surface area contributed by atoms with Crippen molar-refractivity contribution < 1.29 is 28.2 Å². The van der Waals surface area contributed by atoms with E-state index in [0.717, 1.165) is 5.56 Å². The van der Waals surface area contributed by atoms with Crippen LogP contribution in [0.4, 0.5) is 14.5 Å². The average Bonchev–Trinajstić information content (AvgIpc) is 2.74. The predicted octanol–water partition coefficient (Wildman–Crippen LogP) is 4.78. The van der Waals surface area contributed by atoms with Gasteiger partial charge < -0.3 is 20.1 Å². The van der Waals surface area contributed by atoms with Gasteiger partial charge in [0.25, 0.3) is 5.91 Å². The Morgan fingerprint density at radius 3 is 2.59 bits per heavy atom. The van der Waals surface area contributed by atoms with Gasteiger partial charge in [-0.15, -0.1) is 0 Å². The van der Waals surface area contributed by atoms with Crippen molar-refractivity contribution in [3.8, 4) is 11.5 Å². The number of carbonyl (C=O) groups excluding carboxylic acids is 2. The van der Waals surface area contributed by atoms with Crippen LogP contribution in [0.2, 0.25) is 0 Å². The lowest BCUT2D eigenvalue weighted by Crippen LogP contribution is -2.43. The summed E-state index contributed by atoms with van der Waals surface area (Å²) >= 11 is 0. The molecule has 0 radical (unpaired) electrons. The van der Waals surface area contributed by atoms with Crippen LogP contribution in [0, 0.1) is 5.92 Å². The van der Waals surface area contributed by atoms with Crippen LogP contribution in [0.1, 0.15) is 49.5 Å². The highest BCUT2D eigenvalue weighted by Gasteiger charge is 2.31. The lowest BCUT2D eigenvalue weighted by Gasteiger charge is -2.32. The third-order valence-electron chi connectivity index (χ3n) is 5.53. The molecule has 1 atom stereocenters. The van der Waals surface area contributed by atoms with Gasteiger partial charge in [-0.25, -0.2) is 0 Å². The minimum absolute atomic E-state index is 0.0318. The fourth-order valence-corrected chi connectivity index (χ4v) is 3.73. The topological polar surface area (TPSA) is 78.9 Å². The molecule has 1 aliphatic heterocycles. The van der Waals surface area contributed by atoms with Crippen molar-refractivity contribution in [2.45, 2.75) is 45.6 Å². The number of likely N-dealkylation sites (tertiary alicyclic amines) is 1. The number of piperidine rings is 1. The second-order valence-electron chi connectivity index (χ2n) is 8.94. The third-order valence-corrected chi connectivity index (χ3v) is 5.53. The third kappa shape index (κ3) is 5.55. The Morgan fingerprint density at radius 1 is 1.19 bits per heavy atom. The van der Waals surface area contributed by atoms with Gasteiger partial charge in [-0.2, -0.15) is 8.78 Å². The molecule has 1 unspecified atom stereocenters. The molecular formula is C24H28F2N2O4. The Bertz CT molecular complexity index is 988. The minimum Gasteiger partial charge on any atom is -0.506 e. The van der Waals surface area contributed by atoms with Crippen molar-refractivity contribution in [3.05, 3.63) is 53.6 Å². The van der Waals surface area contributed by atoms with Gasteiger partial charge in [0.2, 0.25) is 5.91 Å². The Labute approximate surface area is 186 Å². The van der Waals surface area contributed by atoms with Crippen LogP contribution in [-0.4, -0.2) is 41.5 Å². The van der Waals surface area contributed by atoms with Crippen molar-refractivity contribution >= 4 is 17.5 Å². The predicted molar refractivity (Wildman–Crippen MR) is 117 cm³/mol. The van der Waals surface area contributed by atoms with Gasteiger partial charge >= 0.3 is 6.61 Å². The number of nitrogens with one attached hydrogen (secondary N) is 1. The molecule has 0 aliphatic carbocycles. The first-order valence-electron chi connectivity index (χ1n) is 10.5. The minimum atomic E-state index is -3.04. The van der Waals surface area contributed by atoms with Crippen LogP contribution in [0.15, 0.2) is 42.5 Å². The number of alkyl halides is 2. The van der Waals surface area contributed by atoms with Gasteiger partial charge in [0.1, 0.15) is 11.5 Å². The Morgan fingerprint density at radius 2 is 1.91 bits per heavy atom. The number of anilines is 1. The number of halogens is 2. The maximum Gasteiger partial charge on any atom is 0.387 e. The summed E-state index contributed by atoms with van der Waals surface area (Å²) in [6, 6.07) is 10.9. The van der Waals surface area contributed by atoms with E-state index in [0.29, 0.717) is 25.1 Å². The molecule has 2 aromatic carbocycles. The summed E-state index contributed by atoms with van der Waals surface area (Å²) in [5.41, 5.74) is 1.15. The molecule has 2 aromatic rings. The van der Waals surface area contributed by atoms with Crippen LogP contribution < -0.4 is 10.1 Å². The molecule has 2 amide bonds. The van der Waals surface area contributed by atoms with Crippen LogP contribution in [0.5, 0.6) is 11.5 Å². The number of hydrogen-bond donors (Lipinski definition) is 2. The van der Waals surface area contributed by atoms with Crippen molar-refractivity contribution in [1.82, 2.24) is 4.90 Å². The van der Waals surface area contributed by atoms with Gasteiger partial charge in [0.15, 0.2) is 0 Å². The summed E-state index contributed by atoms with van der Waals surface area (Å²) in [7, 11) is 0. The molecule has 1 aliphatic rings. The second-order valence-corrected chi connectivity index (χ2v) is 8.94. The summed E-state index contributed by atoms with van der Waals surface area (Å²) in [6.07, 6.45) is 1.17. The van der Waals surface area contributed by atoms with E-state index in [2.05, 4.69) is 10.1 Å². The van der Waals surface area contributed by atoms with E-state index in [1.807, 2.05) is 26.8 Å². The van der Waals surface area contributed by atoms with E-state index in [9.17, 15) is 23.5 Å². The summed E-state index contributed by atoms with van der Waals surface area (Å²) < 4.78 is 29.9. The molecule has 8 heteroatoms. The maximum absolute atomic E-state index is 13.0. The first-order chi connectivity index (χ1) is 15.1. The number of carbonyl (C=O) groups is 2. The van der Waals surface area contributed by atoms with Gasteiger partial charge in [-0.05, 0) is 48.1 Å². The molecule has 0 saturated carbocycles. The molecular weight excluding hydrogens is 418 g/mol. The van der Waals surface area contributed by atoms with E-state index in [1.165, 1.54) is 23.1 Å². The van der Waals surface area contributed by atoms with Crippen molar-refractivity contribution in [2.24, 2.45) is 5.92 Å². The van der Waals surface area contributed by atoms with E-state index in [-0.39, 0.29) is 34.9 Å². The normalized spacial score (nSPS) is 16.7. The van der Waals surface area contributed by atoms with Crippen LogP contribution in [0.25, 0.3) is 0 Å². The molecule has 172 valence electrons. The molecule has 0 bridgehead atoms. The van der Waals surface area contributed by atoms with E-state index < -0.39 is 18.4 Å². The molecule has 3 rings (SSSR count). The Hall–Kier alpha value is -3.16. The monoisotopic (exact) mass is 446 g/mol. The zero-order valence-corrected chi connectivity index (χ0v) is 18.4. The molecule has 1 saturated heterocycles. The summed E-state index contributed by atoms with van der Waals surface area (Å²) in [4.78, 5) is 27.4. The molecule has 2 N–H and O–H groups in total. The quantitative estimate of drug-likeness (QED) is 0.648. The number of phenols is 1. The molecule has 0 aromatic heterocycles. The largest absolute Gasteiger partial charge is 0.506 e. The van der Waals surface area contributed by atoms with Gasteiger partial charge in [-0.1, -0.05) is 39.0 Å². The number of aromatic hydroxyl groups is 1. The second kappa shape index (κ2) is 9.54. The molecule has 1 fully saturated rings. The Balaban J connectivity index is 1.73. The van der Waals surface area contributed by atoms with Crippen LogP contribution >= 0.6 is 0 Å². The first kappa shape index (κ1) is 23.5. The van der Waals surface area contributed by atoms with Crippen molar-refractivity contribution in [2.75, 3.05) is 18.4 Å². The standard InChI is InChI=1S/C24H28F2N2O4/c1-24(2,3)16-10-11-19(29)18(13-16)27-21(30)15-7-6-12-28(14-15)22(31)17-8-4-5-9-20(17)32-23(25)26/h4-5,8-11,13,15,23,29H,6-7,12,14H2,1-3H3,(H,27,30). The van der Waals surface area contributed by atoms with Gasteiger partial charge in [0.05, 0.1) is 17.2 Å². The lowest BCUT2D eigenvalue weighted by molar-refractivity contribution is -0.121. The van der Waals surface area contributed by atoms with Crippen LogP contribution in [-0.2, 0) is 10.2 Å². The zero-order valence-electron chi connectivity index (χ0n) is 18.4. The highest BCUT2D eigenvalue weighted by Crippen LogP contribution is 2.32. The van der Waals surface area contributed by atoms with E-state index in [4.69, 9.17) is 0 Å². The Kier molecular flexibility index (Phi) is 7.01. The highest BCUT2D eigenvalue weighted by molar-refractivity contribution is 5.98. The fourth-order valence-electron chi connectivity index (χ4n) is 3.73. The SMILES string of the molecule is CC(C)(C)c1ccc(O)c(NC(=O)C2CCCN(C(=O)c3ccccc3OC(F)F)C2)c1. The number of benzene rings is 2. The van der Waals surface area contributed by atoms with Crippen molar-refractivity contribution in [3.63, 3.8) is 0 Å². The highest BCUT2D eigenvalue weighted by atomic mass is 19.3. The van der Waals surface area contributed by atoms with Crippen LogP contribution in [0.3, 0.4) is 0 Å². The maximum atomic E-state index is 13.0. The lowest BCUT2D eigenvalue weighted by atomic mass is 9.86. The number of rotatable bonds is 5. The zero-order chi connectivity index (χ0) is 23.5. The first-order valence-corrected chi connectivity index (χ1v) is 10.5. The van der Waals surface area contributed by atoms with Crippen molar-refractivity contribution in [1.29, 1.82) is 0 Å². The van der Waals surface area contributed by atoms with Gasteiger partial charge in [0, 0.05) is 13.1 Å². The summed E-state index contributed by atoms with van der Waals surface area (Å²) in [5.74, 6) is -1.48. The summed E-state index contributed by atoms with van der Waals surface area (Å²) in [5, 5.41) is 13.0. The number of nitrogens with zero attached hydrogens (tertiary/aromatic N) is 1. The molecule has 32 heavy (non-hydrogen) atoms. The number of phenolic OH excluding ortho intramolecular Hbond substituents is 1. The average molecular weight is 446 g/mol. The van der Waals surface area contributed by atoms with E-state index in [1.54, 1.807) is 18.2 Å².